The summed E-state index contributed by atoms with van der Waals surface area (Å²) in [6.07, 6.45) is 1.62. The number of benzene rings is 4. The molecule has 0 saturated carbocycles. The van der Waals surface area contributed by atoms with Crippen LogP contribution in [-0.4, -0.2) is 9.97 Å². The summed E-state index contributed by atoms with van der Waals surface area (Å²) in [7, 11) is 0. The van der Waals surface area contributed by atoms with Crippen LogP contribution in [0.4, 0.5) is 0 Å². The maximum absolute atomic E-state index is 5.80. The molecule has 0 amide bonds. The van der Waals surface area contributed by atoms with Gasteiger partial charge in [-0.05, 0) is 29.3 Å². The second kappa shape index (κ2) is 10.3. The van der Waals surface area contributed by atoms with Crippen LogP contribution in [0, 0.1) is 0 Å². The van der Waals surface area contributed by atoms with Crippen molar-refractivity contribution in [2.75, 3.05) is 0 Å². The predicted octanol–water partition coefficient (Wildman–Crippen LogP) is 7.82. The Morgan fingerprint density at radius 2 is 0.806 bits per heavy atom. The Balaban J connectivity index is 0.000000158. The Labute approximate surface area is 187 Å². The number of hydrogen-bond donors (Lipinski definition) is 0. The topological polar surface area (TPSA) is 25.8 Å². The highest BCUT2D eigenvalue weighted by atomic mass is 35.5. The zero-order chi connectivity index (χ0) is 21.3. The molecule has 31 heavy (non-hydrogen) atoms. The van der Waals surface area contributed by atoms with Crippen LogP contribution >= 0.6 is 11.6 Å². The van der Waals surface area contributed by atoms with Gasteiger partial charge in [-0.2, -0.15) is 0 Å². The summed E-state index contributed by atoms with van der Waals surface area (Å²) < 4.78 is 0. The van der Waals surface area contributed by atoms with Gasteiger partial charge in [-0.25, -0.2) is 9.97 Å². The van der Waals surface area contributed by atoms with E-state index < -0.39 is 0 Å². The standard InChI is InChI=1S/C16H12N2.C12H9Cl/c1-3-7-13(8-4-1)15-11-16(18-12-17-15)14-9-5-2-6-10-14;13-12-8-6-11(7-9-12)10-4-2-1-3-5-10/h1-12H;1-9H. The molecule has 3 heteroatoms. The molecule has 0 spiro atoms. The average Bonchev–Trinajstić information content (AvgIpc) is 2.87. The summed E-state index contributed by atoms with van der Waals surface area (Å²) in [6, 6.07) is 40.4. The van der Waals surface area contributed by atoms with Gasteiger partial charge in [0.25, 0.3) is 0 Å². The van der Waals surface area contributed by atoms with Crippen LogP contribution in [0.1, 0.15) is 0 Å². The zero-order valence-corrected chi connectivity index (χ0v) is 17.7. The van der Waals surface area contributed by atoms with E-state index >= 15 is 0 Å². The molecule has 0 bridgehead atoms. The van der Waals surface area contributed by atoms with Gasteiger partial charge in [0.2, 0.25) is 0 Å². The zero-order valence-electron chi connectivity index (χ0n) is 16.9. The first kappa shape index (κ1) is 20.5. The molecular formula is C28H21ClN2. The molecule has 0 unspecified atom stereocenters. The molecule has 0 N–H and O–H groups in total. The van der Waals surface area contributed by atoms with E-state index in [-0.39, 0.29) is 0 Å². The van der Waals surface area contributed by atoms with E-state index in [0.29, 0.717) is 0 Å². The van der Waals surface area contributed by atoms with Gasteiger partial charge in [0.05, 0.1) is 11.4 Å². The van der Waals surface area contributed by atoms with E-state index in [4.69, 9.17) is 11.6 Å². The summed E-state index contributed by atoms with van der Waals surface area (Å²) in [5.41, 5.74) is 6.53. The summed E-state index contributed by atoms with van der Waals surface area (Å²) in [6.45, 7) is 0. The molecule has 0 radical (unpaired) electrons. The highest BCUT2D eigenvalue weighted by Crippen LogP contribution is 2.22. The Kier molecular flexibility index (Phi) is 6.84. The Bertz CT molecular complexity index is 1150. The van der Waals surface area contributed by atoms with Crippen LogP contribution in [0.25, 0.3) is 33.6 Å². The van der Waals surface area contributed by atoms with Crippen molar-refractivity contribution in [2.45, 2.75) is 0 Å². The van der Waals surface area contributed by atoms with Crippen molar-refractivity contribution in [3.05, 3.63) is 133 Å². The first-order chi connectivity index (χ1) is 15.3. The lowest BCUT2D eigenvalue weighted by Gasteiger charge is -2.03. The van der Waals surface area contributed by atoms with Gasteiger partial charge in [-0.1, -0.05) is 115 Å². The molecule has 0 atom stereocenters. The van der Waals surface area contributed by atoms with Crippen LogP contribution in [0.5, 0.6) is 0 Å². The number of halogens is 1. The molecule has 5 aromatic rings. The fourth-order valence-corrected chi connectivity index (χ4v) is 3.29. The maximum Gasteiger partial charge on any atom is 0.116 e. The van der Waals surface area contributed by atoms with Crippen molar-refractivity contribution >= 4 is 11.6 Å². The molecule has 0 aliphatic carbocycles. The molecule has 5 rings (SSSR count). The molecule has 0 aliphatic rings. The van der Waals surface area contributed by atoms with Crippen molar-refractivity contribution in [3.8, 4) is 33.6 Å². The number of rotatable bonds is 3. The summed E-state index contributed by atoms with van der Waals surface area (Å²) in [5.74, 6) is 0. The largest absolute Gasteiger partial charge is 0.236 e. The fraction of sp³-hybridized carbons (Fsp3) is 0. The normalized spacial score (nSPS) is 10.1. The molecule has 2 nitrogen and oxygen atoms in total. The Hall–Kier alpha value is -3.75. The number of hydrogen-bond acceptors (Lipinski definition) is 2. The quantitative estimate of drug-likeness (QED) is 0.297. The first-order valence-corrected chi connectivity index (χ1v) is 10.4. The van der Waals surface area contributed by atoms with E-state index in [1.807, 2.05) is 84.9 Å². The summed E-state index contributed by atoms with van der Waals surface area (Å²) >= 11 is 5.80. The molecular weight excluding hydrogens is 400 g/mol. The van der Waals surface area contributed by atoms with Gasteiger partial charge in [0.1, 0.15) is 6.33 Å². The highest BCUT2D eigenvalue weighted by molar-refractivity contribution is 6.30. The lowest BCUT2D eigenvalue weighted by Crippen LogP contribution is -1.88. The number of nitrogens with zero attached hydrogens (tertiary/aromatic N) is 2. The van der Waals surface area contributed by atoms with E-state index in [1.165, 1.54) is 11.1 Å². The van der Waals surface area contributed by atoms with Gasteiger partial charge >= 0.3 is 0 Å². The van der Waals surface area contributed by atoms with Crippen molar-refractivity contribution < 1.29 is 0 Å². The van der Waals surface area contributed by atoms with Crippen molar-refractivity contribution in [3.63, 3.8) is 0 Å². The predicted molar refractivity (Wildman–Crippen MR) is 130 cm³/mol. The minimum Gasteiger partial charge on any atom is -0.236 e. The van der Waals surface area contributed by atoms with E-state index in [2.05, 4.69) is 46.4 Å². The minimum absolute atomic E-state index is 0.777. The van der Waals surface area contributed by atoms with Crippen LogP contribution < -0.4 is 0 Å². The van der Waals surface area contributed by atoms with Crippen LogP contribution in [0.15, 0.2) is 128 Å². The lowest BCUT2D eigenvalue weighted by molar-refractivity contribution is 1.18. The highest BCUT2D eigenvalue weighted by Gasteiger charge is 2.03. The monoisotopic (exact) mass is 420 g/mol. The van der Waals surface area contributed by atoms with Gasteiger partial charge in [0, 0.05) is 16.1 Å². The van der Waals surface area contributed by atoms with Crippen LogP contribution in [0.3, 0.4) is 0 Å². The van der Waals surface area contributed by atoms with Crippen LogP contribution in [-0.2, 0) is 0 Å². The van der Waals surface area contributed by atoms with Gasteiger partial charge in [-0.15, -0.1) is 0 Å². The van der Waals surface area contributed by atoms with Crippen molar-refractivity contribution in [2.24, 2.45) is 0 Å². The van der Waals surface area contributed by atoms with Crippen molar-refractivity contribution in [1.29, 1.82) is 0 Å². The van der Waals surface area contributed by atoms with E-state index in [1.54, 1.807) is 6.33 Å². The maximum atomic E-state index is 5.80. The third-order valence-corrected chi connectivity index (χ3v) is 5.01. The third-order valence-electron chi connectivity index (χ3n) is 4.76. The first-order valence-electron chi connectivity index (χ1n) is 10.0. The second-order valence-electron chi connectivity index (χ2n) is 6.89. The molecule has 1 heterocycles. The SMILES string of the molecule is Clc1ccc(-c2ccccc2)cc1.c1ccc(-c2cc(-c3ccccc3)ncn2)cc1. The minimum atomic E-state index is 0.777. The van der Waals surface area contributed by atoms with Gasteiger partial charge in [0.15, 0.2) is 0 Å². The second-order valence-corrected chi connectivity index (χ2v) is 7.33. The smallest absolute Gasteiger partial charge is 0.116 e. The molecule has 0 saturated heterocycles. The number of aromatic nitrogens is 2. The molecule has 0 fully saturated rings. The third kappa shape index (κ3) is 5.65. The van der Waals surface area contributed by atoms with Gasteiger partial charge in [-0.3, -0.25) is 0 Å². The lowest BCUT2D eigenvalue weighted by atomic mass is 10.1. The average molecular weight is 421 g/mol. The molecule has 0 aliphatic heterocycles. The molecule has 150 valence electrons. The molecule has 4 aromatic carbocycles. The fourth-order valence-electron chi connectivity index (χ4n) is 3.16. The Morgan fingerprint density at radius 1 is 0.419 bits per heavy atom. The van der Waals surface area contributed by atoms with Crippen molar-refractivity contribution in [1.82, 2.24) is 9.97 Å². The van der Waals surface area contributed by atoms with Crippen LogP contribution in [0.2, 0.25) is 5.02 Å². The summed E-state index contributed by atoms with van der Waals surface area (Å²) in [5, 5.41) is 0.777. The Morgan fingerprint density at radius 3 is 1.26 bits per heavy atom. The van der Waals surface area contributed by atoms with E-state index in [0.717, 1.165) is 27.5 Å². The summed E-state index contributed by atoms with van der Waals surface area (Å²) in [4.78, 5) is 8.65. The van der Waals surface area contributed by atoms with Gasteiger partial charge < -0.3 is 0 Å². The molecule has 1 aromatic heterocycles. The van der Waals surface area contributed by atoms with E-state index in [9.17, 15) is 0 Å².